The van der Waals surface area contributed by atoms with Crippen LogP contribution in [0.3, 0.4) is 0 Å². The molecule has 11 aromatic rings. The van der Waals surface area contributed by atoms with E-state index in [9.17, 15) is 0 Å². The predicted molar refractivity (Wildman–Crippen MR) is 233 cm³/mol. The first kappa shape index (κ1) is 32.2. The Kier molecular flexibility index (Phi) is 7.64. The molecule has 0 aliphatic heterocycles. The number of benzene rings is 8. The van der Waals surface area contributed by atoms with E-state index in [-0.39, 0.29) is 0 Å². The second-order valence-electron chi connectivity index (χ2n) is 14.0. The standard InChI is InChI=1S/C51H31N3OS/c1-3-9-32(10-4-1)33-19-21-37(22-20-33)50-52-49(36-11-5-2-6-12-36)53-51(54-50)40-23-26-41-43-29-38(24-27-45(43)55-46(41)31-40)34-15-17-35(18-16-34)39-25-28-48-44(30-39)42-13-7-8-14-47(42)56-48/h1-31H. The maximum atomic E-state index is 6.46. The van der Waals surface area contributed by atoms with Gasteiger partial charge in [-0.15, -0.1) is 11.3 Å². The number of aromatic nitrogens is 3. The van der Waals surface area contributed by atoms with Crippen LogP contribution in [0, 0.1) is 0 Å². The van der Waals surface area contributed by atoms with Gasteiger partial charge in [-0.3, -0.25) is 0 Å². The lowest BCUT2D eigenvalue weighted by molar-refractivity contribution is 0.669. The van der Waals surface area contributed by atoms with E-state index in [1.807, 2.05) is 53.8 Å². The zero-order valence-corrected chi connectivity index (χ0v) is 30.9. The first-order chi connectivity index (χ1) is 27.7. The third kappa shape index (κ3) is 5.74. The monoisotopic (exact) mass is 733 g/mol. The highest BCUT2D eigenvalue weighted by Gasteiger charge is 2.16. The van der Waals surface area contributed by atoms with Gasteiger partial charge in [0.2, 0.25) is 0 Å². The van der Waals surface area contributed by atoms with Crippen molar-refractivity contribution in [3.63, 3.8) is 0 Å². The van der Waals surface area contributed by atoms with E-state index < -0.39 is 0 Å². The maximum Gasteiger partial charge on any atom is 0.164 e. The lowest BCUT2D eigenvalue weighted by Gasteiger charge is -2.09. The predicted octanol–water partition coefficient (Wildman–Crippen LogP) is 14.1. The Morgan fingerprint density at radius 3 is 1.45 bits per heavy atom. The van der Waals surface area contributed by atoms with Crippen LogP contribution in [0.5, 0.6) is 0 Å². The molecular formula is C51H31N3OS. The molecule has 3 heterocycles. The largest absolute Gasteiger partial charge is 0.456 e. The molecule has 0 radical (unpaired) electrons. The SMILES string of the molecule is c1ccc(-c2ccc(-c3nc(-c4ccccc4)nc(-c4ccc5c(c4)oc4ccc(-c6ccc(-c7ccc8sc9ccccc9c8c7)cc6)cc45)n3)cc2)cc1. The highest BCUT2D eigenvalue weighted by molar-refractivity contribution is 7.25. The summed E-state index contributed by atoms with van der Waals surface area (Å²) in [6.07, 6.45) is 0. The van der Waals surface area contributed by atoms with E-state index >= 15 is 0 Å². The molecule has 0 saturated carbocycles. The van der Waals surface area contributed by atoms with Gasteiger partial charge in [0.15, 0.2) is 17.5 Å². The summed E-state index contributed by atoms with van der Waals surface area (Å²) in [5.41, 5.74) is 11.4. The normalized spacial score (nSPS) is 11.6. The van der Waals surface area contributed by atoms with Gasteiger partial charge >= 0.3 is 0 Å². The van der Waals surface area contributed by atoms with Gasteiger partial charge in [0.05, 0.1) is 0 Å². The van der Waals surface area contributed by atoms with Gasteiger partial charge in [-0.1, -0.05) is 146 Å². The summed E-state index contributed by atoms with van der Waals surface area (Å²) in [5.74, 6) is 1.84. The molecule has 0 aliphatic rings. The third-order valence-corrected chi connectivity index (χ3v) is 11.7. The van der Waals surface area contributed by atoms with E-state index in [2.05, 4.69) is 146 Å². The first-order valence-electron chi connectivity index (χ1n) is 18.7. The molecule has 4 nitrogen and oxygen atoms in total. The summed E-state index contributed by atoms with van der Waals surface area (Å²) in [6, 6.07) is 65.8. The second kappa shape index (κ2) is 13.3. The number of furan rings is 1. The number of thiophene rings is 1. The quantitative estimate of drug-likeness (QED) is 0.171. The van der Waals surface area contributed by atoms with Crippen LogP contribution in [-0.4, -0.2) is 15.0 Å². The van der Waals surface area contributed by atoms with Crippen molar-refractivity contribution in [2.45, 2.75) is 0 Å². The third-order valence-electron chi connectivity index (χ3n) is 10.6. The number of hydrogen-bond acceptors (Lipinski definition) is 5. The average molecular weight is 734 g/mol. The van der Waals surface area contributed by atoms with Crippen LogP contribution in [-0.2, 0) is 0 Å². The molecule has 0 spiro atoms. The summed E-state index contributed by atoms with van der Waals surface area (Å²) in [5, 5.41) is 4.75. The topological polar surface area (TPSA) is 51.8 Å². The summed E-state index contributed by atoms with van der Waals surface area (Å²) < 4.78 is 9.10. The van der Waals surface area contributed by atoms with Gasteiger partial charge in [-0.05, 0) is 75.8 Å². The van der Waals surface area contributed by atoms with Crippen molar-refractivity contribution in [1.82, 2.24) is 15.0 Å². The van der Waals surface area contributed by atoms with E-state index in [4.69, 9.17) is 19.4 Å². The number of rotatable bonds is 6. The minimum atomic E-state index is 0.593. The van der Waals surface area contributed by atoms with Crippen LogP contribution in [0.2, 0.25) is 0 Å². The summed E-state index contributed by atoms with van der Waals surface area (Å²) in [7, 11) is 0. The van der Waals surface area contributed by atoms with Crippen molar-refractivity contribution >= 4 is 53.4 Å². The van der Waals surface area contributed by atoms with Gasteiger partial charge in [0, 0.05) is 47.6 Å². The zero-order valence-electron chi connectivity index (χ0n) is 30.1. The molecule has 8 aromatic carbocycles. The fraction of sp³-hybridized carbons (Fsp3) is 0. The van der Waals surface area contributed by atoms with Gasteiger partial charge in [-0.2, -0.15) is 0 Å². The van der Waals surface area contributed by atoms with Crippen molar-refractivity contribution in [2.24, 2.45) is 0 Å². The smallest absolute Gasteiger partial charge is 0.164 e. The molecule has 0 bridgehead atoms. The van der Waals surface area contributed by atoms with Crippen molar-refractivity contribution in [3.05, 3.63) is 188 Å². The van der Waals surface area contributed by atoms with E-state index in [0.717, 1.165) is 55.3 Å². The van der Waals surface area contributed by atoms with Crippen LogP contribution >= 0.6 is 11.3 Å². The molecular weight excluding hydrogens is 703 g/mol. The number of hydrogen-bond donors (Lipinski definition) is 0. The minimum Gasteiger partial charge on any atom is -0.456 e. The molecule has 0 amide bonds. The molecule has 0 aliphatic carbocycles. The van der Waals surface area contributed by atoms with Crippen LogP contribution < -0.4 is 0 Å². The minimum absolute atomic E-state index is 0.593. The molecule has 0 saturated heterocycles. The van der Waals surface area contributed by atoms with Crippen LogP contribution in [0.25, 0.3) is 110 Å². The van der Waals surface area contributed by atoms with Gasteiger partial charge in [0.1, 0.15) is 11.2 Å². The Morgan fingerprint density at radius 2 is 0.750 bits per heavy atom. The lowest BCUT2D eigenvalue weighted by Crippen LogP contribution is -2.00. The van der Waals surface area contributed by atoms with Gasteiger partial charge in [0.25, 0.3) is 0 Å². The molecule has 262 valence electrons. The first-order valence-corrected chi connectivity index (χ1v) is 19.5. The summed E-state index contributed by atoms with van der Waals surface area (Å²) >= 11 is 1.85. The van der Waals surface area contributed by atoms with E-state index in [1.165, 1.54) is 36.9 Å². The van der Waals surface area contributed by atoms with Crippen LogP contribution in [0.1, 0.15) is 0 Å². The fourth-order valence-electron chi connectivity index (χ4n) is 7.65. The molecule has 0 unspecified atom stereocenters. The Hall–Kier alpha value is -7.21. The van der Waals surface area contributed by atoms with E-state index in [1.54, 1.807) is 0 Å². The average Bonchev–Trinajstić information content (AvgIpc) is 3.84. The van der Waals surface area contributed by atoms with Gasteiger partial charge in [-0.25, -0.2) is 15.0 Å². The second-order valence-corrected chi connectivity index (χ2v) is 15.1. The maximum absolute atomic E-state index is 6.46. The van der Waals surface area contributed by atoms with Crippen LogP contribution in [0.4, 0.5) is 0 Å². The van der Waals surface area contributed by atoms with Gasteiger partial charge < -0.3 is 4.42 Å². The van der Waals surface area contributed by atoms with Crippen molar-refractivity contribution in [2.75, 3.05) is 0 Å². The summed E-state index contributed by atoms with van der Waals surface area (Å²) in [6.45, 7) is 0. The zero-order chi connectivity index (χ0) is 37.0. The molecule has 5 heteroatoms. The summed E-state index contributed by atoms with van der Waals surface area (Å²) in [4.78, 5) is 14.9. The molecule has 0 fully saturated rings. The molecule has 0 atom stereocenters. The molecule has 11 rings (SSSR count). The highest BCUT2D eigenvalue weighted by atomic mass is 32.1. The Bertz CT molecular complexity index is 3220. The Labute approximate surface area is 327 Å². The molecule has 56 heavy (non-hydrogen) atoms. The highest BCUT2D eigenvalue weighted by Crippen LogP contribution is 2.38. The number of nitrogens with zero attached hydrogens (tertiary/aromatic N) is 3. The Balaban J connectivity index is 0.930. The lowest BCUT2D eigenvalue weighted by atomic mass is 9.98. The van der Waals surface area contributed by atoms with Crippen molar-refractivity contribution in [3.8, 4) is 67.5 Å². The molecule has 3 aromatic heterocycles. The van der Waals surface area contributed by atoms with Crippen molar-refractivity contribution in [1.29, 1.82) is 0 Å². The van der Waals surface area contributed by atoms with Crippen LogP contribution in [0.15, 0.2) is 192 Å². The van der Waals surface area contributed by atoms with E-state index in [0.29, 0.717) is 17.5 Å². The Morgan fingerprint density at radius 1 is 0.286 bits per heavy atom. The number of fused-ring (bicyclic) bond motifs is 6. The van der Waals surface area contributed by atoms with Crippen molar-refractivity contribution < 1.29 is 4.42 Å². The molecule has 0 N–H and O–H groups in total. The fourth-order valence-corrected chi connectivity index (χ4v) is 8.74.